The Morgan fingerprint density at radius 2 is 0.579 bits per heavy atom. The molecule has 3 atom stereocenters. The number of ether oxygens (including phenoxy) is 3. The Labute approximate surface area is 203 Å². The van der Waals surface area contributed by atoms with Crippen LogP contribution >= 0.6 is 22.6 Å². The summed E-state index contributed by atoms with van der Waals surface area (Å²) in [6.07, 6.45) is -56.2. The third-order valence-electron chi connectivity index (χ3n) is 3.32. The molecule has 3 unspecified atom stereocenters. The summed E-state index contributed by atoms with van der Waals surface area (Å²) >= 11 is -1.06. The zero-order valence-electron chi connectivity index (χ0n) is 15.8. The lowest BCUT2D eigenvalue weighted by atomic mass is 10.2. The fraction of sp³-hybridized carbons (Fsp3) is 1.00. The van der Waals surface area contributed by atoms with Gasteiger partial charge in [0, 0.05) is 22.6 Å². The highest BCUT2D eigenvalue weighted by Gasteiger charge is 2.88. The largest absolute Gasteiger partial charge is 0.462 e. The van der Waals surface area contributed by atoms with Crippen LogP contribution in [-0.4, -0.2) is 64.5 Å². The molecule has 0 saturated carbocycles. The lowest BCUT2D eigenvalue weighted by Crippen LogP contribution is -2.70. The molecule has 3 nitrogen and oxygen atoms in total. The monoisotopic (exact) mass is 744 g/mol. The predicted octanol–water partition coefficient (Wildman–Crippen LogP) is 8.09. The molecular weight excluding hydrogens is 744 g/mol. The number of alkyl halides is 24. The molecule has 0 aromatic rings. The van der Waals surface area contributed by atoms with E-state index in [-0.39, 0.29) is 0 Å². The van der Waals surface area contributed by atoms with Gasteiger partial charge in [0.25, 0.3) is 0 Å². The fourth-order valence-corrected chi connectivity index (χ4v) is 1.77. The number of hydrogen-bond acceptors (Lipinski definition) is 3. The second-order valence-corrected chi connectivity index (χ2v) is 7.52. The van der Waals surface area contributed by atoms with Gasteiger partial charge in [-0.25, -0.2) is 0 Å². The zero-order valence-corrected chi connectivity index (χ0v) is 18.0. The van der Waals surface area contributed by atoms with Crippen molar-refractivity contribution in [3.63, 3.8) is 0 Å². The van der Waals surface area contributed by atoms with Crippen LogP contribution < -0.4 is 0 Å². The minimum atomic E-state index is -8.62. The number of rotatable bonds is 9. The fourth-order valence-electron chi connectivity index (χ4n) is 1.50. The van der Waals surface area contributed by atoms with E-state index in [0.29, 0.717) is 0 Å². The molecule has 0 rings (SSSR count). The van der Waals surface area contributed by atoms with Gasteiger partial charge in [-0.3, -0.25) is 14.2 Å². The van der Waals surface area contributed by atoms with Crippen LogP contribution in [0.25, 0.3) is 0 Å². The molecular formula is C11F23IO3. The first-order valence-corrected chi connectivity index (χ1v) is 8.59. The highest BCUT2D eigenvalue weighted by Crippen LogP contribution is 2.59. The molecule has 0 aromatic heterocycles. The molecule has 0 aliphatic carbocycles. The summed E-state index contributed by atoms with van der Waals surface area (Å²) in [5, 5.41) is 0. The number of halogens is 24. The van der Waals surface area contributed by atoms with Gasteiger partial charge < -0.3 is 0 Å². The molecule has 0 N–H and O–H groups in total. The topological polar surface area (TPSA) is 27.7 Å². The van der Waals surface area contributed by atoms with Gasteiger partial charge in [-0.2, -0.15) is 101 Å². The van der Waals surface area contributed by atoms with Crippen LogP contribution in [-0.2, 0) is 14.2 Å². The summed E-state index contributed by atoms with van der Waals surface area (Å²) in [5.74, 6) is -25.1. The van der Waals surface area contributed by atoms with Crippen molar-refractivity contribution in [3.05, 3.63) is 0 Å². The van der Waals surface area contributed by atoms with Crippen molar-refractivity contribution in [2.75, 3.05) is 0 Å². The van der Waals surface area contributed by atoms with Gasteiger partial charge in [-0.15, -0.1) is 0 Å². The van der Waals surface area contributed by atoms with Crippen molar-refractivity contribution in [2.24, 2.45) is 0 Å². The molecule has 27 heteroatoms. The van der Waals surface area contributed by atoms with Gasteiger partial charge >= 0.3 is 64.5 Å². The van der Waals surface area contributed by atoms with Gasteiger partial charge in [-0.05, 0) is 0 Å². The van der Waals surface area contributed by atoms with Crippen LogP contribution in [0.2, 0.25) is 0 Å². The summed E-state index contributed by atoms with van der Waals surface area (Å²) in [4.78, 5) is 0. The summed E-state index contributed by atoms with van der Waals surface area (Å²) in [6.45, 7) is 0. The van der Waals surface area contributed by atoms with E-state index < -0.39 is 87.1 Å². The molecule has 0 bridgehead atoms. The maximum atomic E-state index is 13.9. The quantitative estimate of drug-likeness (QED) is 0.136. The van der Waals surface area contributed by atoms with Gasteiger partial charge in [0.1, 0.15) is 0 Å². The van der Waals surface area contributed by atoms with Crippen molar-refractivity contribution in [3.8, 4) is 0 Å². The Morgan fingerprint density at radius 3 is 0.816 bits per heavy atom. The smallest absolute Gasteiger partial charge is 0.263 e. The lowest BCUT2D eigenvalue weighted by molar-refractivity contribution is -0.576. The Kier molecular flexibility index (Phi) is 9.29. The van der Waals surface area contributed by atoms with Crippen LogP contribution in [0.5, 0.6) is 0 Å². The second kappa shape index (κ2) is 9.54. The van der Waals surface area contributed by atoms with E-state index in [1.54, 1.807) is 4.74 Å². The van der Waals surface area contributed by atoms with Crippen molar-refractivity contribution in [1.29, 1.82) is 0 Å². The molecule has 230 valence electrons. The van der Waals surface area contributed by atoms with E-state index in [9.17, 15) is 101 Å². The number of hydrogen-bond donors (Lipinski definition) is 0. The van der Waals surface area contributed by atoms with Crippen molar-refractivity contribution in [1.82, 2.24) is 0 Å². The maximum Gasteiger partial charge on any atom is 0.462 e. The van der Waals surface area contributed by atoms with Gasteiger partial charge in [-0.1, -0.05) is 0 Å². The van der Waals surface area contributed by atoms with Crippen molar-refractivity contribution in [2.45, 2.75) is 64.5 Å². The van der Waals surface area contributed by atoms with Crippen LogP contribution in [0, 0.1) is 0 Å². The Morgan fingerprint density at radius 1 is 0.316 bits per heavy atom. The average molecular weight is 744 g/mol. The average Bonchev–Trinajstić information content (AvgIpc) is 2.55. The summed E-state index contributed by atoms with van der Waals surface area (Å²) in [7, 11) is 0. The van der Waals surface area contributed by atoms with E-state index in [1.165, 1.54) is 0 Å². The van der Waals surface area contributed by atoms with E-state index in [1.807, 2.05) is 0 Å². The highest BCUT2D eigenvalue weighted by atomic mass is 127. The van der Waals surface area contributed by atoms with E-state index in [4.69, 9.17) is 0 Å². The SMILES string of the molecule is FC(F)(F)C(F)(I)OC(F)(F)C(F)(OC(F)(F)C(F)(OC(F)(F)C(F)(F)C(F)(F)F)C(F)(F)F)C(F)(F)F. The maximum absolute atomic E-state index is 13.9. The molecule has 0 spiro atoms. The summed E-state index contributed by atoms with van der Waals surface area (Å²) in [5.41, 5.74) is 0. The van der Waals surface area contributed by atoms with E-state index in [2.05, 4.69) is 0 Å². The van der Waals surface area contributed by atoms with Crippen LogP contribution in [0.3, 0.4) is 0 Å². The highest BCUT2D eigenvalue weighted by molar-refractivity contribution is 14.1. The zero-order chi connectivity index (χ0) is 31.6. The van der Waals surface area contributed by atoms with E-state index >= 15 is 0 Å². The van der Waals surface area contributed by atoms with E-state index in [0.717, 1.165) is 9.47 Å². The Bertz CT molecular complexity index is 838. The normalized spacial score (nSPS) is 20.5. The first-order chi connectivity index (χ1) is 15.9. The van der Waals surface area contributed by atoms with Crippen LogP contribution in [0.1, 0.15) is 0 Å². The van der Waals surface area contributed by atoms with Gasteiger partial charge in [0.2, 0.25) is 0 Å². The predicted molar refractivity (Wildman–Crippen MR) is 72.8 cm³/mol. The minimum Gasteiger partial charge on any atom is -0.263 e. The lowest BCUT2D eigenvalue weighted by Gasteiger charge is -2.42. The standard InChI is InChI=1S/C11F23IO3/c12-1(13,4(16,17)18)8(28,29)36-2(14,5(19,20)21)9(30,31)37-3(15,6(22,23)24)10(32,33)38-11(34,35)7(25,26)27. The van der Waals surface area contributed by atoms with Crippen LogP contribution in [0.15, 0.2) is 0 Å². The molecule has 0 aliphatic rings. The molecule has 0 radical (unpaired) electrons. The third-order valence-corrected chi connectivity index (χ3v) is 4.16. The molecule has 0 heterocycles. The third kappa shape index (κ3) is 6.32. The van der Waals surface area contributed by atoms with Crippen molar-refractivity contribution >= 4 is 22.6 Å². The Hall–Kier alpha value is -1.00. The molecule has 0 aromatic carbocycles. The summed E-state index contributed by atoms with van der Waals surface area (Å²) in [6, 6.07) is 0. The second-order valence-electron chi connectivity index (χ2n) is 6.13. The van der Waals surface area contributed by atoms with Crippen molar-refractivity contribution < 1.29 is 115 Å². The molecule has 0 amide bonds. The van der Waals surface area contributed by atoms with Gasteiger partial charge in [0.05, 0.1) is 0 Å². The first kappa shape index (κ1) is 37.0. The molecule has 38 heavy (non-hydrogen) atoms. The molecule has 0 aliphatic heterocycles. The Balaban J connectivity index is 7.07. The molecule has 0 fully saturated rings. The summed E-state index contributed by atoms with van der Waals surface area (Å²) < 4.78 is 293. The molecule has 0 saturated heterocycles. The minimum absolute atomic E-state index is 1.03. The van der Waals surface area contributed by atoms with Crippen LogP contribution in [0.4, 0.5) is 101 Å². The van der Waals surface area contributed by atoms with Gasteiger partial charge in [0.15, 0.2) is 0 Å². The first-order valence-electron chi connectivity index (χ1n) is 7.51.